The van der Waals surface area contributed by atoms with Gasteiger partial charge in [0.25, 0.3) is 0 Å². The van der Waals surface area contributed by atoms with Crippen LogP contribution in [0.5, 0.6) is 11.5 Å². The molecule has 0 unspecified atom stereocenters. The lowest BCUT2D eigenvalue weighted by Gasteiger charge is -2.10. The molecule has 0 atom stereocenters. The van der Waals surface area contributed by atoms with Crippen molar-refractivity contribution in [2.45, 2.75) is 6.92 Å². The molecule has 0 aliphatic heterocycles. The summed E-state index contributed by atoms with van der Waals surface area (Å²) in [6.45, 7) is 1.89. The van der Waals surface area contributed by atoms with E-state index in [9.17, 15) is 10.2 Å². The predicted molar refractivity (Wildman–Crippen MR) is 87.5 cm³/mol. The minimum absolute atomic E-state index is 0.0532. The number of hydrogen-bond donors (Lipinski definition) is 3. The van der Waals surface area contributed by atoms with Gasteiger partial charge in [0.05, 0.1) is 5.02 Å². The van der Waals surface area contributed by atoms with E-state index in [0.29, 0.717) is 11.3 Å². The average Bonchev–Trinajstić information content (AvgIpc) is 2.91. The monoisotopic (exact) mass is 334 g/mol. The Morgan fingerprint density at radius 3 is 2.41 bits per heavy atom. The van der Waals surface area contributed by atoms with E-state index < -0.39 is 0 Å². The Labute approximate surface area is 137 Å². The van der Waals surface area contributed by atoms with Gasteiger partial charge >= 0.3 is 0 Å². The van der Waals surface area contributed by atoms with Crippen LogP contribution in [0.2, 0.25) is 10.0 Å². The van der Waals surface area contributed by atoms with E-state index in [1.807, 2.05) is 37.3 Å². The Balaban J connectivity index is 2.28. The molecule has 3 rings (SSSR count). The lowest BCUT2D eigenvalue weighted by Crippen LogP contribution is -1.87. The minimum atomic E-state index is -0.349. The normalized spacial score (nSPS) is 10.9. The van der Waals surface area contributed by atoms with E-state index in [1.54, 1.807) is 0 Å². The second kappa shape index (κ2) is 5.55. The van der Waals surface area contributed by atoms with Crippen molar-refractivity contribution < 1.29 is 10.2 Å². The Morgan fingerprint density at radius 1 is 1.05 bits per heavy atom. The average molecular weight is 335 g/mol. The van der Waals surface area contributed by atoms with Crippen LogP contribution in [-0.4, -0.2) is 20.4 Å². The highest BCUT2D eigenvalue weighted by atomic mass is 35.5. The molecule has 0 fully saturated rings. The van der Waals surface area contributed by atoms with Gasteiger partial charge in [0.2, 0.25) is 0 Å². The second-order valence-electron chi connectivity index (χ2n) is 4.86. The molecule has 0 aliphatic carbocycles. The number of phenols is 2. The summed E-state index contributed by atoms with van der Waals surface area (Å²) in [6, 6.07) is 11.1. The van der Waals surface area contributed by atoms with Crippen molar-refractivity contribution in [2.75, 3.05) is 0 Å². The first-order chi connectivity index (χ1) is 10.5. The van der Waals surface area contributed by atoms with Crippen molar-refractivity contribution in [3.05, 3.63) is 52.1 Å². The van der Waals surface area contributed by atoms with Gasteiger partial charge in [-0.1, -0.05) is 53.5 Å². The zero-order valence-corrected chi connectivity index (χ0v) is 13.1. The first-order valence-electron chi connectivity index (χ1n) is 6.51. The zero-order valence-electron chi connectivity index (χ0n) is 11.6. The predicted octanol–water partition coefficient (Wildman–Crippen LogP) is 4.77. The molecule has 3 N–H and O–H groups in total. The van der Waals surface area contributed by atoms with E-state index in [1.165, 1.54) is 6.07 Å². The molecule has 3 aromatic rings. The third kappa shape index (κ3) is 2.30. The number of phenolic OH excluding ortho intramolecular Hbond substituents is 2. The molecule has 2 aromatic carbocycles. The summed E-state index contributed by atoms with van der Waals surface area (Å²) in [5.74, 6) is -0.606. The molecule has 6 heteroatoms. The number of H-pyrrole nitrogens is 1. The van der Waals surface area contributed by atoms with Gasteiger partial charge in [-0.05, 0) is 18.6 Å². The van der Waals surface area contributed by atoms with E-state index >= 15 is 0 Å². The molecule has 1 heterocycles. The van der Waals surface area contributed by atoms with Crippen LogP contribution >= 0.6 is 23.2 Å². The molecule has 0 spiro atoms. The van der Waals surface area contributed by atoms with Crippen molar-refractivity contribution >= 4 is 23.2 Å². The third-order valence-electron chi connectivity index (χ3n) is 3.43. The van der Waals surface area contributed by atoms with Crippen LogP contribution in [0.3, 0.4) is 0 Å². The van der Waals surface area contributed by atoms with Gasteiger partial charge in [0.1, 0.15) is 16.5 Å². The first kappa shape index (κ1) is 14.8. The molecule has 4 nitrogen and oxygen atoms in total. The molecule has 0 aliphatic rings. The summed E-state index contributed by atoms with van der Waals surface area (Å²) < 4.78 is 0. The van der Waals surface area contributed by atoms with Crippen molar-refractivity contribution in [1.29, 1.82) is 0 Å². The quantitative estimate of drug-likeness (QED) is 0.632. The van der Waals surface area contributed by atoms with Crippen molar-refractivity contribution in [1.82, 2.24) is 10.2 Å². The number of rotatable bonds is 2. The summed E-state index contributed by atoms with van der Waals surface area (Å²) in [5.41, 5.74) is 3.51. The zero-order chi connectivity index (χ0) is 15.9. The number of hydrogen-bond acceptors (Lipinski definition) is 3. The first-order valence-corrected chi connectivity index (χ1v) is 7.27. The Kier molecular flexibility index (Phi) is 3.72. The molecule has 112 valence electrons. The van der Waals surface area contributed by atoms with Crippen LogP contribution in [0.25, 0.3) is 22.4 Å². The van der Waals surface area contributed by atoms with E-state index in [2.05, 4.69) is 10.2 Å². The number of aryl methyl sites for hydroxylation is 1. The topological polar surface area (TPSA) is 69.1 Å². The van der Waals surface area contributed by atoms with Crippen molar-refractivity contribution in [3.8, 4) is 33.9 Å². The molecule has 1 aromatic heterocycles. The number of aromatic nitrogens is 2. The summed E-state index contributed by atoms with van der Waals surface area (Å²) >= 11 is 11.9. The minimum Gasteiger partial charge on any atom is -0.506 e. The Bertz CT molecular complexity index is 845. The standard InChI is InChI=1S/C16H12Cl2N2O2/c1-8-12(9-5-3-2-4-6-9)14(20-19-8)10-7-11(17)16(22)13(18)15(10)21/h2-7,21-22H,1H3,(H,19,20). The van der Waals surface area contributed by atoms with Gasteiger partial charge in [0.15, 0.2) is 5.75 Å². The molecule has 0 saturated heterocycles. The van der Waals surface area contributed by atoms with E-state index in [4.69, 9.17) is 23.2 Å². The lowest BCUT2D eigenvalue weighted by atomic mass is 9.98. The van der Waals surface area contributed by atoms with Gasteiger partial charge in [-0.2, -0.15) is 5.10 Å². The highest BCUT2D eigenvalue weighted by molar-refractivity contribution is 6.38. The van der Waals surface area contributed by atoms with Gasteiger partial charge in [-0.25, -0.2) is 0 Å². The maximum atomic E-state index is 10.2. The maximum absolute atomic E-state index is 10.2. The summed E-state index contributed by atoms with van der Waals surface area (Å²) in [4.78, 5) is 0. The molecule has 0 saturated carbocycles. The molecular weight excluding hydrogens is 323 g/mol. The van der Waals surface area contributed by atoms with Gasteiger partial charge in [-0.15, -0.1) is 0 Å². The van der Waals surface area contributed by atoms with Crippen LogP contribution in [-0.2, 0) is 0 Å². The molecule has 0 bridgehead atoms. The lowest BCUT2D eigenvalue weighted by molar-refractivity contribution is 0.452. The highest BCUT2D eigenvalue weighted by Gasteiger charge is 2.21. The maximum Gasteiger partial charge on any atom is 0.156 e. The number of aromatic amines is 1. The molecule has 0 radical (unpaired) electrons. The van der Waals surface area contributed by atoms with Crippen LogP contribution in [0.4, 0.5) is 0 Å². The fourth-order valence-electron chi connectivity index (χ4n) is 2.36. The van der Waals surface area contributed by atoms with Crippen LogP contribution in [0.15, 0.2) is 36.4 Å². The third-order valence-corrected chi connectivity index (χ3v) is 4.08. The largest absolute Gasteiger partial charge is 0.506 e. The van der Waals surface area contributed by atoms with Crippen LogP contribution in [0, 0.1) is 6.92 Å². The molecule has 22 heavy (non-hydrogen) atoms. The van der Waals surface area contributed by atoms with Gasteiger partial charge in [-0.3, -0.25) is 5.10 Å². The number of benzene rings is 2. The SMILES string of the molecule is Cc1[nH]nc(-c2cc(Cl)c(O)c(Cl)c2O)c1-c1ccccc1. The van der Waals surface area contributed by atoms with Crippen LogP contribution < -0.4 is 0 Å². The highest BCUT2D eigenvalue weighted by Crippen LogP contribution is 2.46. The fraction of sp³-hybridized carbons (Fsp3) is 0.0625. The summed E-state index contributed by atoms with van der Waals surface area (Å²) in [6.07, 6.45) is 0. The van der Waals surface area contributed by atoms with Crippen molar-refractivity contribution in [3.63, 3.8) is 0 Å². The second-order valence-corrected chi connectivity index (χ2v) is 5.64. The van der Waals surface area contributed by atoms with E-state index in [0.717, 1.165) is 16.8 Å². The summed E-state index contributed by atoms with van der Waals surface area (Å²) in [7, 11) is 0. The number of aromatic hydroxyl groups is 2. The fourth-order valence-corrected chi connectivity index (χ4v) is 2.82. The van der Waals surface area contributed by atoms with Gasteiger partial charge < -0.3 is 10.2 Å². The Hall–Kier alpha value is -2.17. The Morgan fingerprint density at radius 2 is 1.73 bits per heavy atom. The number of nitrogens with one attached hydrogen (secondary N) is 1. The van der Waals surface area contributed by atoms with Gasteiger partial charge in [0, 0.05) is 16.8 Å². The van der Waals surface area contributed by atoms with E-state index in [-0.39, 0.29) is 21.5 Å². The summed E-state index contributed by atoms with van der Waals surface area (Å²) in [5, 5.41) is 26.9. The number of nitrogens with zero attached hydrogens (tertiary/aromatic N) is 1. The molecular formula is C16H12Cl2N2O2. The number of halogens is 2. The molecule has 0 amide bonds. The van der Waals surface area contributed by atoms with Crippen molar-refractivity contribution in [2.24, 2.45) is 0 Å². The smallest absolute Gasteiger partial charge is 0.156 e. The van der Waals surface area contributed by atoms with Crippen LogP contribution in [0.1, 0.15) is 5.69 Å².